The Hall–Kier alpha value is -2.89. The van der Waals surface area contributed by atoms with E-state index in [0.29, 0.717) is 6.42 Å². The van der Waals surface area contributed by atoms with Crippen LogP contribution < -0.4 is 5.32 Å². The summed E-state index contributed by atoms with van der Waals surface area (Å²) in [4.78, 5) is 13.0. The Kier molecular flexibility index (Phi) is 50.0. The molecule has 0 bridgehead atoms. The summed E-state index contributed by atoms with van der Waals surface area (Å²) < 4.78 is 11.2. The third-order valence-corrected chi connectivity index (χ3v) is 13.9. The SMILES string of the molecule is CC/C=C\C/C=C\C/C=C\C/C=C\C/C=C\C/C=C\C/C=C\CCCCCCCCCCCCCCCCCCCCCC(=O)NC(COC1OC(CO)C(O)C(O)C1O)C(O)/C=C/CCCCCCCCCC. The highest BCUT2D eigenvalue weighted by atomic mass is 16.7. The molecular formula is C65H113NO8. The lowest BCUT2D eigenvalue weighted by molar-refractivity contribution is -0.302. The molecule has 1 heterocycles. The Morgan fingerprint density at radius 1 is 0.473 bits per heavy atom. The van der Waals surface area contributed by atoms with Gasteiger partial charge in [0, 0.05) is 6.42 Å². The van der Waals surface area contributed by atoms with E-state index in [1.807, 2.05) is 6.08 Å². The molecule has 426 valence electrons. The van der Waals surface area contributed by atoms with Crippen molar-refractivity contribution >= 4 is 5.91 Å². The lowest BCUT2D eigenvalue weighted by Gasteiger charge is -2.40. The molecule has 0 spiro atoms. The minimum Gasteiger partial charge on any atom is -0.394 e. The fourth-order valence-corrected chi connectivity index (χ4v) is 9.14. The maximum Gasteiger partial charge on any atom is 0.220 e. The predicted molar refractivity (Wildman–Crippen MR) is 313 cm³/mol. The van der Waals surface area contributed by atoms with Gasteiger partial charge in [0.15, 0.2) is 6.29 Å². The second-order valence-corrected chi connectivity index (χ2v) is 20.8. The van der Waals surface area contributed by atoms with Crippen LogP contribution in [0.25, 0.3) is 0 Å². The largest absolute Gasteiger partial charge is 0.394 e. The van der Waals surface area contributed by atoms with Crippen LogP contribution in [0.2, 0.25) is 0 Å². The quantitative estimate of drug-likeness (QED) is 0.0261. The summed E-state index contributed by atoms with van der Waals surface area (Å²) in [6, 6.07) is -0.805. The summed E-state index contributed by atoms with van der Waals surface area (Å²) in [6.45, 7) is 3.64. The van der Waals surface area contributed by atoms with Crippen molar-refractivity contribution in [2.75, 3.05) is 13.2 Å². The van der Waals surface area contributed by atoms with E-state index in [4.69, 9.17) is 9.47 Å². The zero-order valence-corrected chi connectivity index (χ0v) is 47.3. The molecule has 0 aliphatic carbocycles. The summed E-state index contributed by atoms with van der Waals surface area (Å²) in [5.74, 6) is -0.179. The topological polar surface area (TPSA) is 149 Å². The number of allylic oxidation sites excluding steroid dienone is 15. The number of unbranched alkanes of at least 4 members (excludes halogenated alkanes) is 27. The average Bonchev–Trinajstić information content (AvgIpc) is 3.40. The lowest BCUT2D eigenvalue weighted by atomic mass is 9.99. The molecule has 1 saturated heterocycles. The maximum absolute atomic E-state index is 13.0. The fourth-order valence-electron chi connectivity index (χ4n) is 9.14. The monoisotopic (exact) mass is 1040 g/mol. The van der Waals surface area contributed by atoms with Crippen LogP contribution >= 0.6 is 0 Å². The van der Waals surface area contributed by atoms with Crippen molar-refractivity contribution in [1.82, 2.24) is 5.32 Å². The number of aliphatic hydroxyl groups excluding tert-OH is 5. The van der Waals surface area contributed by atoms with Crippen LogP contribution in [0, 0.1) is 0 Å². The van der Waals surface area contributed by atoms with Crippen molar-refractivity contribution in [1.29, 1.82) is 0 Å². The van der Waals surface area contributed by atoms with Crippen LogP contribution in [0.4, 0.5) is 0 Å². The molecule has 1 amide bonds. The number of rotatable bonds is 51. The zero-order valence-electron chi connectivity index (χ0n) is 47.3. The van der Waals surface area contributed by atoms with Crippen LogP contribution in [0.3, 0.4) is 0 Å². The number of ether oxygens (including phenoxy) is 2. The summed E-state index contributed by atoms with van der Waals surface area (Å²) in [5.41, 5.74) is 0. The maximum atomic E-state index is 13.0. The molecule has 6 N–H and O–H groups in total. The molecule has 7 atom stereocenters. The number of hydrogen-bond donors (Lipinski definition) is 6. The van der Waals surface area contributed by atoms with E-state index < -0.39 is 49.5 Å². The highest BCUT2D eigenvalue weighted by Gasteiger charge is 2.44. The predicted octanol–water partition coefficient (Wildman–Crippen LogP) is 15.6. The molecule has 9 nitrogen and oxygen atoms in total. The third kappa shape index (κ3) is 42.2. The smallest absolute Gasteiger partial charge is 0.220 e. The standard InChI is InChI=1S/C65H113NO8/c1-3-5-7-9-11-13-15-16-17-18-19-20-21-22-23-24-25-26-27-28-29-30-31-32-33-34-35-36-37-38-39-40-41-42-43-44-45-47-49-51-53-55-61(69)66-58(57-73-65-64(72)63(71)62(70)60(56-67)74-65)59(68)54-52-50-48-46-14-12-10-8-6-4-2/h5,7,11,13,16-17,19-20,22-23,25-26,28-29,52,54,58-60,62-65,67-68,70-72H,3-4,6,8-10,12,14-15,18,21,24,27,30-51,53,55-57H2,1-2H3,(H,66,69)/b7-5-,13-11-,17-16-,20-19-,23-22-,26-25-,29-28-,54-52+. The molecule has 0 aromatic carbocycles. The van der Waals surface area contributed by atoms with Gasteiger partial charge in [0.05, 0.1) is 25.4 Å². The third-order valence-electron chi connectivity index (χ3n) is 13.9. The van der Waals surface area contributed by atoms with Crippen molar-refractivity contribution in [3.05, 3.63) is 97.2 Å². The lowest BCUT2D eigenvalue weighted by Crippen LogP contribution is -2.60. The van der Waals surface area contributed by atoms with Crippen LogP contribution in [-0.2, 0) is 14.3 Å². The fraction of sp³-hybridized carbons (Fsp3) is 0.738. The summed E-state index contributed by atoms with van der Waals surface area (Å²) in [6.07, 6.45) is 70.8. The Bertz CT molecular complexity index is 1480. The molecule has 0 radical (unpaired) electrons. The van der Waals surface area contributed by atoms with Gasteiger partial charge in [0.1, 0.15) is 24.4 Å². The van der Waals surface area contributed by atoms with Gasteiger partial charge in [0.2, 0.25) is 5.91 Å². The Morgan fingerprint density at radius 2 is 0.838 bits per heavy atom. The molecule has 0 aromatic rings. The van der Waals surface area contributed by atoms with Gasteiger partial charge in [-0.1, -0.05) is 265 Å². The molecule has 7 unspecified atom stereocenters. The first-order valence-electron chi connectivity index (χ1n) is 30.5. The van der Waals surface area contributed by atoms with Gasteiger partial charge in [-0.05, 0) is 77.0 Å². The van der Waals surface area contributed by atoms with E-state index in [1.165, 1.54) is 148 Å². The molecule has 1 fully saturated rings. The average molecular weight is 1040 g/mol. The first-order valence-corrected chi connectivity index (χ1v) is 30.5. The van der Waals surface area contributed by atoms with Gasteiger partial charge in [-0.15, -0.1) is 0 Å². The zero-order chi connectivity index (χ0) is 53.6. The first-order chi connectivity index (χ1) is 36.3. The number of aliphatic hydroxyl groups is 5. The number of carbonyl (C=O) groups is 1. The molecule has 9 heteroatoms. The van der Waals surface area contributed by atoms with E-state index >= 15 is 0 Å². The highest BCUT2D eigenvalue weighted by molar-refractivity contribution is 5.76. The van der Waals surface area contributed by atoms with E-state index in [2.05, 4.69) is 104 Å². The van der Waals surface area contributed by atoms with Gasteiger partial charge in [0.25, 0.3) is 0 Å². The minimum absolute atomic E-state index is 0.179. The number of nitrogens with one attached hydrogen (secondary N) is 1. The molecule has 1 aliphatic rings. The van der Waals surface area contributed by atoms with Gasteiger partial charge in [-0.2, -0.15) is 0 Å². The number of carbonyl (C=O) groups excluding carboxylic acids is 1. The normalized spacial score (nSPS) is 19.7. The van der Waals surface area contributed by atoms with Crippen molar-refractivity contribution < 1.29 is 39.8 Å². The van der Waals surface area contributed by atoms with Gasteiger partial charge in [-0.25, -0.2) is 0 Å². The van der Waals surface area contributed by atoms with Crippen LogP contribution in [0.5, 0.6) is 0 Å². The Morgan fingerprint density at radius 3 is 1.24 bits per heavy atom. The second-order valence-electron chi connectivity index (χ2n) is 20.8. The Balaban J connectivity index is 2.03. The van der Waals surface area contributed by atoms with Gasteiger partial charge >= 0.3 is 0 Å². The van der Waals surface area contributed by atoms with Crippen LogP contribution in [-0.4, -0.2) is 87.5 Å². The molecule has 1 aliphatic heterocycles. The van der Waals surface area contributed by atoms with E-state index in [0.717, 1.165) is 83.5 Å². The van der Waals surface area contributed by atoms with Crippen molar-refractivity contribution in [2.45, 2.75) is 294 Å². The molecule has 0 aromatic heterocycles. The summed E-state index contributed by atoms with van der Waals surface area (Å²) >= 11 is 0. The number of amides is 1. The molecular weight excluding hydrogens is 923 g/mol. The first kappa shape index (κ1) is 69.1. The second kappa shape index (κ2) is 53.5. The van der Waals surface area contributed by atoms with E-state index in [9.17, 15) is 30.3 Å². The van der Waals surface area contributed by atoms with Gasteiger partial charge in [-0.3, -0.25) is 4.79 Å². The van der Waals surface area contributed by atoms with Crippen molar-refractivity contribution in [3.63, 3.8) is 0 Å². The van der Waals surface area contributed by atoms with Crippen molar-refractivity contribution in [3.8, 4) is 0 Å². The van der Waals surface area contributed by atoms with E-state index in [1.54, 1.807) is 6.08 Å². The summed E-state index contributed by atoms with van der Waals surface area (Å²) in [7, 11) is 0. The summed E-state index contributed by atoms with van der Waals surface area (Å²) in [5, 5.41) is 54.3. The highest BCUT2D eigenvalue weighted by Crippen LogP contribution is 2.23. The number of hydrogen-bond acceptors (Lipinski definition) is 8. The molecule has 0 saturated carbocycles. The molecule has 1 rings (SSSR count). The molecule has 74 heavy (non-hydrogen) atoms. The van der Waals surface area contributed by atoms with Crippen molar-refractivity contribution in [2.24, 2.45) is 0 Å². The van der Waals surface area contributed by atoms with Crippen LogP contribution in [0.1, 0.15) is 251 Å². The minimum atomic E-state index is -1.57. The Labute approximate surface area is 453 Å². The van der Waals surface area contributed by atoms with Crippen LogP contribution in [0.15, 0.2) is 97.2 Å². The van der Waals surface area contributed by atoms with Gasteiger partial charge < -0.3 is 40.3 Å². The van der Waals surface area contributed by atoms with E-state index in [-0.39, 0.29) is 12.5 Å².